The van der Waals surface area contributed by atoms with Gasteiger partial charge in [0, 0.05) is 23.8 Å². The van der Waals surface area contributed by atoms with Crippen molar-refractivity contribution in [3.05, 3.63) is 64.7 Å². The molecule has 0 bridgehead atoms. The van der Waals surface area contributed by atoms with Crippen molar-refractivity contribution in [3.63, 3.8) is 0 Å². The summed E-state index contributed by atoms with van der Waals surface area (Å²) in [6, 6.07) is 10.3. The number of hydrogen-bond donors (Lipinski definition) is 1. The van der Waals surface area contributed by atoms with Crippen LogP contribution in [0.1, 0.15) is 24.2 Å². The Bertz CT molecular complexity index is 516. The fourth-order valence-electron chi connectivity index (χ4n) is 1.66. The lowest BCUT2D eigenvalue weighted by atomic mass is 10.1. The van der Waals surface area contributed by atoms with Crippen LogP contribution >= 0.6 is 11.6 Å². The SMILES string of the molecule is C[C@@H](NCc1ccc(F)cc1Cl)c1ccccn1. The maximum atomic E-state index is 12.9. The molecule has 2 aromatic rings. The van der Waals surface area contributed by atoms with Crippen LogP contribution in [0.3, 0.4) is 0 Å². The van der Waals surface area contributed by atoms with Gasteiger partial charge in [0.2, 0.25) is 0 Å². The van der Waals surface area contributed by atoms with Crippen molar-refractivity contribution in [2.24, 2.45) is 0 Å². The molecule has 0 aliphatic heterocycles. The highest BCUT2D eigenvalue weighted by molar-refractivity contribution is 6.31. The summed E-state index contributed by atoms with van der Waals surface area (Å²) < 4.78 is 12.9. The molecule has 0 unspecified atom stereocenters. The Morgan fingerprint density at radius 3 is 2.83 bits per heavy atom. The Labute approximate surface area is 111 Å². The van der Waals surface area contributed by atoms with Crippen molar-refractivity contribution in [1.29, 1.82) is 0 Å². The normalized spacial score (nSPS) is 12.4. The summed E-state index contributed by atoms with van der Waals surface area (Å²) in [5.41, 5.74) is 1.84. The number of nitrogens with zero attached hydrogens (tertiary/aromatic N) is 1. The van der Waals surface area contributed by atoms with Crippen molar-refractivity contribution >= 4 is 11.6 Å². The highest BCUT2D eigenvalue weighted by Crippen LogP contribution is 2.18. The van der Waals surface area contributed by atoms with Gasteiger partial charge in [-0.3, -0.25) is 4.98 Å². The van der Waals surface area contributed by atoms with Crippen molar-refractivity contribution < 1.29 is 4.39 Å². The zero-order valence-electron chi connectivity index (χ0n) is 10.0. The van der Waals surface area contributed by atoms with Crippen LogP contribution in [0.4, 0.5) is 4.39 Å². The van der Waals surface area contributed by atoms with E-state index < -0.39 is 0 Å². The fourth-order valence-corrected chi connectivity index (χ4v) is 1.90. The van der Waals surface area contributed by atoms with Gasteiger partial charge in [-0.2, -0.15) is 0 Å². The molecule has 4 heteroatoms. The Morgan fingerprint density at radius 2 is 2.17 bits per heavy atom. The van der Waals surface area contributed by atoms with Gasteiger partial charge in [0.25, 0.3) is 0 Å². The zero-order chi connectivity index (χ0) is 13.0. The van der Waals surface area contributed by atoms with Crippen molar-refractivity contribution in [2.45, 2.75) is 19.5 Å². The quantitative estimate of drug-likeness (QED) is 0.910. The molecule has 2 rings (SSSR count). The molecule has 0 aliphatic rings. The largest absolute Gasteiger partial charge is 0.305 e. The van der Waals surface area contributed by atoms with Crippen LogP contribution < -0.4 is 5.32 Å². The third kappa shape index (κ3) is 3.28. The van der Waals surface area contributed by atoms with Crippen molar-refractivity contribution in [2.75, 3.05) is 0 Å². The molecule has 1 heterocycles. The second kappa shape index (κ2) is 5.94. The maximum Gasteiger partial charge on any atom is 0.124 e. The molecular weight excluding hydrogens is 251 g/mol. The number of rotatable bonds is 4. The lowest BCUT2D eigenvalue weighted by Crippen LogP contribution is -2.19. The van der Waals surface area contributed by atoms with Gasteiger partial charge in [0.15, 0.2) is 0 Å². The van der Waals surface area contributed by atoms with E-state index >= 15 is 0 Å². The molecule has 0 aliphatic carbocycles. The van der Waals surface area contributed by atoms with Crippen molar-refractivity contribution in [3.8, 4) is 0 Å². The van der Waals surface area contributed by atoms with E-state index in [9.17, 15) is 4.39 Å². The van der Waals surface area contributed by atoms with Gasteiger partial charge in [0.1, 0.15) is 5.82 Å². The minimum atomic E-state index is -0.318. The molecule has 0 fully saturated rings. The second-order valence-electron chi connectivity index (χ2n) is 4.09. The standard InChI is InChI=1S/C14H14ClFN2/c1-10(14-4-2-3-7-17-14)18-9-11-5-6-12(16)8-13(11)15/h2-8,10,18H,9H2,1H3/t10-/m1/s1. The van der Waals surface area contributed by atoms with Gasteiger partial charge in [-0.05, 0) is 36.8 Å². The molecule has 0 radical (unpaired) electrons. The van der Waals surface area contributed by atoms with E-state index in [0.29, 0.717) is 11.6 Å². The average Bonchev–Trinajstić information content (AvgIpc) is 2.38. The fraction of sp³-hybridized carbons (Fsp3) is 0.214. The van der Waals surface area contributed by atoms with E-state index in [2.05, 4.69) is 10.3 Å². The van der Waals surface area contributed by atoms with Gasteiger partial charge in [-0.15, -0.1) is 0 Å². The number of aromatic nitrogens is 1. The van der Waals surface area contributed by atoms with Crippen LogP contribution in [-0.2, 0) is 6.54 Å². The Hall–Kier alpha value is -1.45. The molecule has 1 atom stereocenters. The van der Waals surface area contributed by atoms with Crippen molar-refractivity contribution in [1.82, 2.24) is 10.3 Å². The predicted octanol–water partition coefficient (Wildman–Crippen LogP) is 3.72. The third-order valence-corrected chi connectivity index (χ3v) is 3.10. The highest BCUT2D eigenvalue weighted by atomic mass is 35.5. The molecule has 1 N–H and O–H groups in total. The molecular formula is C14H14ClFN2. The molecule has 0 saturated heterocycles. The first-order valence-corrected chi connectivity index (χ1v) is 6.13. The van der Waals surface area contributed by atoms with E-state index in [1.165, 1.54) is 12.1 Å². The third-order valence-electron chi connectivity index (χ3n) is 2.75. The first kappa shape index (κ1) is 13.0. The summed E-state index contributed by atoms with van der Waals surface area (Å²) in [6.07, 6.45) is 1.76. The van der Waals surface area contributed by atoms with Gasteiger partial charge >= 0.3 is 0 Å². The van der Waals surface area contributed by atoms with Gasteiger partial charge < -0.3 is 5.32 Å². The number of nitrogens with one attached hydrogen (secondary N) is 1. The number of hydrogen-bond acceptors (Lipinski definition) is 2. The topological polar surface area (TPSA) is 24.9 Å². The lowest BCUT2D eigenvalue weighted by molar-refractivity contribution is 0.560. The first-order chi connectivity index (χ1) is 8.66. The zero-order valence-corrected chi connectivity index (χ0v) is 10.8. The smallest absolute Gasteiger partial charge is 0.124 e. The van der Waals surface area contributed by atoms with Gasteiger partial charge in [0.05, 0.1) is 5.69 Å². The highest BCUT2D eigenvalue weighted by Gasteiger charge is 2.07. The summed E-state index contributed by atoms with van der Waals surface area (Å²) in [4.78, 5) is 4.27. The molecule has 1 aromatic heterocycles. The molecule has 18 heavy (non-hydrogen) atoms. The van der Waals surface area contributed by atoms with Gasteiger partial charge in [-0.1, -0.05) is 23.7 Å². The van der Waals surface area contributed by atoms with Crippen LogP contribution in [0, 0.1) is 5.82 Å². The predicted molar refractivity (Wildman–Crippen MR) is 70.9 cm³/mol. The van der Waals surface area contributed by atoms with Crippen LogP contribution in [0.15, 0.2) is 42.6 Å². The number of benzene rings is 1. The number of halogens is 2. The molecule has 0 spiro atoms. The van der Waals surface area contributed by atoms with E-state index in [4.69, 9.17) is 11.6 Å². The average molecular weight is 265 g/mol. The monoisotopic (exact) mass is 264 g/mol. The molecule has 0 saturated carbocycles. The van der Waals surface area contributed by atoms with Gasteiger partial charge in [-0.25, -0.2) is 4.39 Å². The molecule has 94 valence electrons. The maximum absolute atomic E-state index is 12.9. The molecule has 2 nitrogen and oxygen atoms in total. The van der Waals surface area contributed by atoms with Crippen LogP contribution in [0.5, 0.6) is 0 Å². The van der Waals surface area contributed by atoms with Crippen LogP contribution in [0.25, 0.3) is 0 Å². The summed E-state index contributed by atoms with van der Waals surface area (Å²) in [5, 5.41) is 3.75. The Kier molecular flexibility index (Phi) is 4.28. The van der Waals surface area contributed by atoms with E-state index in [-0.39, 0.29) is 11.9 Å². The minimum absolute atomic E-state index is 0.118. The van der Waals surface area contributed by atoms with E-state index in [0.717, 1.165) is 11.3 Å². The first-order valence-electron chi connectivity index (χ1n) is 5.75. The summed E-state index contributed by atoms with van der Waals surface area (Å²) in [6.45, 7) is 2.61. The Balaban J connectivity index is 1.99. The lowest BCUT2D eigenvalue weighted by Gasteiger charge is -2.13. The number of pyridine rings is 1. The summed E-state index contributed by atoms with van der Waals surface area (Å²) in [5.74, 6) is -0.318. The van der Waals surface area contributed by atoms with Crippen LogP contribution in [0.2, 0.25) is 5.02 Å². The van der Waals surface area contributed by atoms with E-state index in [1.54, 1.807) is 12.3 Å². The van der Waals surface area contributed by atoms with Crippen LogP contribution in [-0.4, -0.2) is 4.98 Å². The summed E-state index contributed by atoms with van der Waals surface area (Å²) in [7, 11) is 0. The Morgan fingerprint density at radius 1 is 1.33 bits per heavy atom. The van der Waals surface area contributed by atoms with E-state index in [1.807, 2.05) is 25.1 Å². The minimum Gasteiger partial charge on any atom is -0.305 e. The second-order valence-corrected chi connectivity index (χ2v) is 4.50. The summed E-state index contributed by atoms with van der Waals surface area (Å²) >= 11 is 5.96. The molecule has 0 amide bonds. The molecule has 1 aromatic carbocycles.